The highest BCUT2D eigenvalue weighted by molar-refractivity contribution is 8.00. The third-order valence-corrected chi connectivity index (χ3v) is 6.01. The van der Waals surface area contributed by atoms with Gasteiger partial charge in [-0.3, -0.25) is 4.79 Å². The standard InChI is InChI=1S/C12H19N3O4S2/c1-3-13-11(16)8(2)20-12-15-14-10(19-12)6-9-4-5-21(17,18)7-9/h8-9H,3-7H2,1-2H3,(H,13,16)/t8-,9-/m0/s1. The Morgan fingerprint density at radius 3 is 2.90 bits per heavy atom. The van der Waals surface area contributed by atoms with Crippen molar-refractivity contribution in [3.05, 3.63) is 5.89 Å². The number of nitrogens with one attached hydrogen (secondary N) is 1. The van der Waals surface area contributed by atoms with Crippen molar-refractivity contribution in [2.45, 2.75) is 37.2 Å². The third-order valence-electron chi connectivity index (χ3n) is 3.24. The molecule has 1 aromatic heterocycles. The lowest BCUT2D eigenvalue weighted by Gasteiger charge is -2.07. The molecule has 1 amide bonds. The Balaban J connectivity index is 1.88. The maximum atomic E-state index is 11.6. The molecule has 2 rings (SSSR count). The molecule has 1 aliphatic rings. The van der Waals surface area contributed by atoms with Crippen molar-refractivity contribution in [3.8, 4) is 0 Å². The second kappa shape index (κ2) is 6.78. The van der Waals surface area contributed by atoms with Crippen LogP contribution in [0.4, 0.5) is 0 Å². The van der Waals surface area contributed by atoms with E-state index in [0.717, 1.165) is 0 Å². The fourth-order valence-corrected chi connectivity index (χ4v) is 4.76. The molecule has 0 spiro atoms. The Hall–Kier alpha value is -1.09. The van der Waals surface area contributed by atoms with Gasteiger partial charge in [-0.2, -0.15) is 0 Å². The normalized spacial score (nSPS) is 22.1. The van der Waals surface area contributed by atoms with Crippen molar-refractivity contribution in [2.24, 2.45) is 5.92 Å². The van der Waals surface area contributed by atoms with Crippen LogP contribution in [0, 0.1) is 5.92 Å². The average molecular weight is 333 g/mol. The largest absolute Gasteiger partial charge is 0.416 e. The molecule has 118 valence electrons. The van der Waals surface area contributed by atoms with Gasteiger partial charge in [0.25, 0.3) is 5.22 Å². The number of carbonyl (C=O) groups excluding carboxylic acids is 1. The molecule has 1 aliphatic heterocycles. The number of sulfone groups is 1. The summed E-state index contributed by atoms with van der Waals surface area (Å²) in [7, 11) is -2.89. The van der Waals surface area contributed by atoms with Crippen LogP contribution in [0.25, 0.3) is 0 Å². The summed E-state index contributed by atoms with van der Waals surface area (Å²) < 4.78 is 28.3. The van der Waals surface area contributed by atoms with E-state index < -0.39 is 9.84 Å². The number of hydrogen-bond donors (Lipinski definition) is 1. The summed E-state index contributed by atoms with van der Waals surface area (Å²) in [6, 6.07) is 0. The van der Waals surface area contributed by atoms with Crippen LogP contribution in [0.3, 0.4) is 0 Å². The molecule has 1 fully saturated rings. The van der Waals surface area contributed by atoms with Crippen molar-refractivity contribution in [1.29, 1.82) is 0 Å². The quantitative estimate of drug-likeness (QED) is 0.763. The van der Waals surface area contributed by atoms with Gasteiger partial charge in [-0.15, -0.1) is 10.2 Å². The number of nitrogens with zero attached hydrogens (tertiary/aromatic N) is 2. The Kier molecular flexibility index (Phi) is 5.26. The molecule has 0 aromatic carbocycles. The van der Waals surface area contributed by atoms with Crippen molar-refractivity contribution >= 4 is 27.5 Å². The summed E-state index contributed by atoms with van der Waals surface area (Å²) in [6.07, 6.45) is 1.12. The average Bonchev–Trinajstić information content (AvgIpc) is 2.97. The lowest BCUT2D eigenvalue weighted by molar-refractivity contribution is -0.120. The Morgan fingerprint density at radius 2 is 2.29 bits per heavy atom. The number of amides is 1. The molecule has 0 aliphatic carbocycles. The minimum Gasteiger partial charge on any atom is -0.416 e. The van der Waals surface area contributed by atoms with Gasteiger partial charge in [0.2, 0.25) is 11.8 Å². The van der Waals surface area contributed by atoms with Crippen molar-refractivity contribution in [3.63, 3.8) is 0 Å². The van der Waals surface area contributed by atoms with Gasteiger partial charge in [0.15, 0.2) is 9.84 Å². The Bertz CT molecular complexity index is 599. The number of rotatable bonds is 6. The van der Waals surface area contributed by atoms with E-state index in [-0.39, 0.29) is 28.6 Å². The number of aromatic nitrogens is 2. The minimum atomic E-state index is -2.89. The first-order valence-electron chi connectivity index (χ1n) is 6.87. The van der Waals surface area contributed by atoms with Crippen LogP contribution in [-0.2, 0) is 21.1 Å². The SMILES string of the molecule is CCNC(=O)[C@H](C)Sc1nnc(C[C@@H]2CCS(=O)(=O)C2)o1. The van der Waals surface area contributed by atoms with Crippen LogP contribution < -0.4 is 5.32 Å². The van der Waals surface area contributed by atoms with E-state index in [1.807, 2.05) is 6.92 Å². The van der Waals surface area contributed by atoms with Crippen LogP contribution >= 0.6 is 11.8 Å². The number of hydrogen-bond acceptors (Lipinski definition) is 7. The Morgan fingerprint density at radius 1 is 1.52 bits per heavy atom. The monoisotopic (exact) mass is 333 g/mol. The highest BCUT2D eigenvalue weighted by atomic mass is 32.2. The van der Waals surface area contributed by atoms with Gasteiger partial charge in [-0.25, -0.2) is 8.42 Å². The maximum Gasteiger partial charge on any atom is 0.277 e. The number of thioether (sulfide) groups is 1. The summed E-state index contributed by atoms with van der Waals surface area (Å²) in [5, 5.41) is 10.6. The minimum absolute atomic E-state index is 0.0501. The van der Waals surface area contributed by atoms with E-state index in [4.69, 9.17) is 4.42 Å². The molecule has 0 bridgehead atoms. The summed E-state index contributed by atoms with van der Waals surface area (Å²) in [4.78, 5) is 11.6. The molecule has 1 aromatic rings. The van der Waals surface area contributed by atoms with Crippen LogP contribution in [0.2, 0.25) is 0 Å². The van der Waals surface area contributed by atoms with Crippen LogP contribution in [0.15, 0.2) is 9.64 Å². The van der Waals surface area contributed by atoms with E-state index in [1.165, 1.54) is 11.8 Å². The van der Waals surface area contributed by atoms with Crippen molar-refractivity contribution < 1.29 is 17.6 Å². The first-order chi connectivity index (χ1) is 9.89. The fourth-order valence-electron chi connectivity index (χ4n) is 2.17. The van der Waals surface area contributed by atoms with Gasteiger partial charge in [-0.1, -0.05) is 11.8 Å². The first kappa shape index (κ1) is 16.3. The molecular formula is C12H19N3O4S2. The molecule has 21 heavy (non-hydrogen) atoms. The molecule has 0 radical (unpaired) electrons. The van der Waals surface area contributed by atoms with Gasteiger partial charge < -0.3 is 9.73 Å². The summed E-state index contributed by atoms with van der Waals surface area (Å²) in [5.41, 5.74) is 0. The zero-order chi connectivity index (χ0) is 15.5. The van der Waals surface area contributed by atoms with Crippen LogP contribution in [0.1, 0.15) is 26.2 Å². The first-order valence-corrected chi connectivity index (χ1v) is 9.57. The van der Waals surface area contributed by atoms with E-state index >= 15 is 0 Å². The van der Waals surface area contributed by atoms with E-state index in [1.54, 1.807) is 6.92 Å². The smallest absolute Gasteiger partial charge is 0.277 e. The predicted octanol–water partition coefficient (Wildman–Crippen LogP) is 0.664. The second-order valence-electron chi connectivity index (χ2n) is 5.09. The van der Waals surface area contributed by atoms with E-state index in [0.29, 0.717) is 30.5 Å². The Labute approximate surface area is 128 Å². The van der Waals surface area contributed by atoms with Gasteiger partial charge in [0.05, 0.1) is 16.8 Å². The molecule has 0 unspecified atom stereocenters. The van der Waals surface area contributed by atoms with Crippen LogP contribution in [0.5, 0.6) is 0 Å². The molecule has 7 nitrogen and oxygen atoms in total. The molecular weight excluding hydrogens is 314 g/mol. The zero-order valence-corrected chi connectivity index (χ0v) is 13.7. The predicted molar refractivity (Wildman–Crippen MR) is 78.8 cm³/mol. The molecule has 0 saturated carbocycles. The van der Waals surface area contributed by atoms with E-state index in [9.17, 15) is 13.2 Å². The fraction of sp³-hybridized carbons (Fsp3) is 0.750. The summed E-state index contributed by atoms with van der Waals surface area (Å²) >= 11 is 1.20. The summed E-state index contributed by atoms with van der Waals surface area (Å²) in [5.74, 6) is 0.829. The molecule has 2 atom stereocenters. The molecule has 1 N–H and O–H groups in total. The van der Waals surface area contributed by atoms with Gasteiger partial charge in [-0.05, 0) is 26.2 Å². The van der Waals surface area contributed by atoms with Gasteiger partial charge in [0.1, 0.15) is 0 Å². The van der Waals surface area contributed by atoms with Crippen molar-refractivity contribution in [1.82, 2.24) is 15.5 Å². The second-order valence-corrected chi connectivity index (χ2v) is 8.61. The topological polar surface area (TPSA) is 102 Å². The van der Waals surface area contributed by atoms with Gasteiger partial charge in [0, 0.05) is 13.0 Å². The lowest BCUT2D eigenvalue weighted by atomic mass is 10.1. The zero-order valence-electron chi connectivity index (χ0n) is 12.0. The van der Waals surface area contributed by atoms with Crippen molar-refractivity contribution in [2.75, 3.05) is 18.1 Å². The molecule has 9 heteroatoms. The third kappa shape index (κ3) is 4.70. The van der Waals surface area contributed by atoms with Gasteiger partial charge >= 0.3 is 0 Å². The number of carbonyl (C=O) groups is 1. The highest BCUT2D eigenvalue weighted by Crippen LogP contribution is 2.25. The van der Waals surface area contributed by atoms with Crippen LogP contribution in [-0.4, -0.2) is 47.8 Å². The van der Waals surface area contributed by atoms with E-state index in [2.05, 4.69) is 15.5 Å². The molecule has 1 saturated heterocycles. The highest BCUT2D eigenvalue weighted by Gasteiger charge is 2.29. The maximum absolute atomic E-state index is 11.6. The lowest BCUT2D eigenvalue weighted by Crippen LogP contribution is -2.30. The summed E-state index contributed by atoms with van der Waals surface area (Å²) in [6.45, 7) is 4.20. The molecule has 2 heterocycles.